The Bertz CT molecular complexity index is 881. The molecule has 5 nitrogen and oxygen atoms in total. The molecule has 1 fully saturated rings. The number of hydrogen-bond donors (Lipinski definition) is 0. The molecule has 0 spiro atoms. The predicted octanol–water partition coefficient (Wildman–Crippen LogP) is 6.22. The standard InChI is InChI=1S/C26H32O5/c1-4-28-25(27)15-13-20-12-14-22(31-24-10-6-5-9-23(24)19(2)3)17-21(20)18-30-26-11-7-8-16-29-26/h5-6,9-10,12-15,17,19,26H,4,7-8,11,16,18H2,1-3H3/b15-13+. The minimum Gasteiger partial charge on any atom is -0.463 e. The third-order valence-corrected chi connectivity index (χ3v) is 5.13. The van der Waals surface area contributed by atoms with Gasteiger partial charge in [-0.2, -0.15) is 0 Å². The first-order chi connectivity index (χ1) is 15.1. The van der Waals surface area contributed by atoms with Crippen molar-refractivity contribution < 1.29 is 23.7 Å². The van der Waals surface area contributed by atoms with Crippen molar-refractivity contribution in [3.8, 4) is 11.5 Å². The van der Waals surface area contributed by atoms with Crippen molar-refractivity contribution in [3.63, 3.8) is 0 Å². The minimum absolute atomic E-state index is 0.193. The van der Waals surface area contributed by atoms with Crippen LogP contribution >= 0.6 is 0 Å². The Morgan fingerprint density at radius 2 is 2.03 bits per heavy atom. The average molecular weight is 425 g/mol. The molecule has 1 aliphatic rings. The van der Waals surface area contributed by atoms with Crippen LogP contribution in [0.15, 0.2) is 48.5 Å². The summed E-state index contributed by atoms with van der Waals surface area (Å²) in [6.45, 7) is 7.53. The van der Waals surface area contributed by atoms with Gasteiger partial charge in [-0.05, 0) is 73.1 Å². The lowest BCUT2D eigenvalue weighted by molar-refractivity contribution is -0.168. The zero-order valence-electron chi connectivity index (χ0n) is 18.6. The smallest absolute Gasteiger partial charge is 0.330 e. The van der Waals surface area contributed by atoms with E-state index >= 15 is 0 Å². The largest absolute Gasteiger partial charge is 0.463 e. The van der Waals surface area contributed by atoms with Gasteiger partial charge in [0.2, 0.25) is 0 Å². The molecule has 1 atom stereocenters. The van der Waals surface area contributed by atoms with Crippen molar-refractivity contribution >= 4 is 12.0 Å². The van der Waals surface area contributed by atoms with Crippen LogP contribution in [0.25, 0.3) is 6.08 Å². The summed E-state index contributed by atoms with van der Waals surface area (Å²) in [6, 6.07) is 13.9. The molecule has 1 heterocycles. The molecule has 1 aliphatic heterocycles. The molecule has 0 aliphatic carbocycles. The highest BCUT2D eigenvalue weighted by molar-refractivity contribution is 5.87. The number of rotatable bonds is 9. The third kappa shape index (κ3) is 6.94. The highest BCUT2D eigenvalue weighted by Crippen LogP contribution is 2.32. The molecule has 2 aromatic rings. The van der Waals surface area contributed by atoms with Crippen LogP contribution in [0.3, 0.4) is 0 Å². The maximum atomic E-state index is 11.8. The molecule has 0 radical (unpaired) electrons. The number of ether oxygens (including phenoxy) is 4. The lowest BCUT2D eigenvalue weighted by Crippen LogP contribution is -2.22. The Labute approximate surface area is 185 Å². The fourth-order valence-corrected chi connectivity index (χ4v) is 3.48. The SMILES string of the molecule is CCOC(=O)/C=C/c1ccc(Oc2ccccc2C(C)C)cc1COC1CCCCO1. The van der Waals surface area contributed by atoms with Crippen LogP contribution in [-0.4, -0.2) is 25.5 Å². The van der Waals surface area contributed by atoms with E-state index in [0.717, 1.165) is 54.1 Å². The summed E-state index contributed by atoms with van der Waals surface area (Å²) in [5, 5.41) is 0. The van der Waals surface area contributed by atoms with Crippen LogP contribution < -0.4 is 4.74 Å². The molecule has 1 unspecified atom stereocenters. The van der Waals surface area contributed by atoms with Gasteiger partial charge in [-0.15, -0.1) is 0 Å². The Balaban J connectivity index is 1.81. The summed E-state index contributed by atoms with van der Waals surface area (Å²) < 4.78 is 22.9. The van der Waals surface area contributed by atoms with Crippen LogP contribution in [0.2, 0.25) is 0 Å². The van der Waals surface area contributed by atoms with Gasteiger partial charge in [-0.1, -0.05) is 38.1 Å². The fraction of sp³-hybridized carbons (Fsp3) is 0.423. The first kappa shape index (κ1) is 23.0. The first-order valence-electron chi connectivity index (χ1n) is 11.0. The Morgan fingerprint density at radius 3 is 2.77 bits per heavy atom. The quantitative estimate of drug-likeness (QED) is 0.353. The van der Waals surface area contributed by atoms with Crippen molar-refractivity contribution in [2.45, 2.75) is 58.8 Å². The van der Waals surface area contributed by atoms with Crippen LogP contribution in [0, 0.1) is 0 Å². The van der Waals surface area contributed by atoms with Gasteiger partial charge >= 0.3 is 5.97 Å². The van der Waals surface area contributed by atoms with E-state index in [-0.39, 0.29) is 12.3 Å². The molecular formula is C26H32O5. The zero-order valence-corrected chi connectivity index (χ0v) is 18.6. The first-order valence-corrected chi connectivity index (χ1v) is 11.0. The number of hydrogen-bond acceptors (Lipinski definition) is 5. The van der Waals surface area contributed by atoms with E-state index in [1.807, 2.05) is 36.4 Å². The van der Waals surface area contributed by atoms with Crippen molar-refractivity contribution in [1.29, 1.82) is 0 Å². The topological polar surface area (TPSA) is 54.0 Å². The van der Waals surface area contributed by atoms with Crippen LogP contribution in [0.4, 0.5) is 0 Å². The molecule has 3 rings (SSSR count). The van der Waals surface area contributed by atoms with E-state index in [1.54, 1.807) is 13.0 Å². The van der Waals surface area contributed by atoms with Gasteiger partial charge in [0, 0.05) is 12.7 Å². The van der Waals surface area contributed by atoms with E-state index in [9.17, 15) is 4.79 Å². The lowest BCUT2D eigenvalue weighted by atomic mass is 10.0. The van der Waals surface area contributed by atoms with Gasteiger partial charge in [0.25, 0.3) is 0 Å². The van der Waals surface area contributed by atoms with E-state index in [1.165, 1.54) is 6.08 Å². The number of carbonyl (C=O) groups excluding carboxylic acids is 1. The lowest BCUT2D eigenvalue weighted by Gasteiger charge is -2.23. The summed E-state index contributed by atoms with van der Waals surface area (Å²) in [4.78, 5) is 11.8. The molecule has 0 aromatic heterocycles. The van der Waals surface area contributed by atoms with Crippen molar-refractivity contribution in [3.05, 3.63) is 65.2 Å². The minimum atomic E-state index is -0.365. The molecular weight excluding hydrogens is 392 g/mol. The van der Waals surface area contributed by atoms with Crippen molar-refractivity contribution in [2.75, 3.05) is 13.2 Å². The molecule has 1 saturated heterocycles. The fourth-order valence-electron chi connectivity index (χ4n) is 3.48. The highest BCUT2D eigenvalue weighted by atomic mass is 16.7. The number of benzene rings is 2. The molecule has 0 saturated carbocycles. The molecule has 2 aromatic carbocycles. The second kappa shape index (κ2) is 11.7. The predicted molar refractivity (Wildman–Crippen MR) is 121 cm³/mol. The summed E-state index contributed by atoms with van der Waals surface area (Å²) >= 11 is 0. The van der Waals surface area contributed by atoms with E-state index in [4.69, 9.17) is 18.9 Å². The second-order valence-electron chi connectivity index (χ2n) is 7.85. The monoisotopic (exact) mass is 424 g/mol. The van der Waals surface area contributed by atoms with Crippen LogP contribution in [0.5, 0.6) is 11.5 Å². The summed E-state index contributed by atoms with van der Waals surface area (Å²) in [7, 11) is 0. The zero-order chi connectivity index (χ0) is 22.1. The van der Waals surface area contributed by atoms with E-state index < -0.39 is 0 Å². The van der Waals surface area contributed by atoms with Crippen LogP contribution in [0.1, 0.15) is 62.6 Å². The van der Waals surface area contributed by atoms with Crippen LogP contribution in [-0.2, 0) is 25.6 Å². The maximum Gasteiger partial charge on any atom is 0.330 e. The molecule has 31 heavy (non-hydrogen) atoms. The summed E-state index contributed by atoms with van der Waals surface area (Å²) in [5.74, 6) is 1.56. The summed E-state index contributed by atoms with van der Waals surface area (Å²) in [5.41, 5.74) is 2.96. The summed E-state index contributed by atoms with van der Waals surface area (Å²) in [6.07, 6.45) is 6.08. The van der Waals surface area contributed by atoms with Crippen molar-refractivity contribution in [1.82, 2.24) is 0 Å². The van der Waals surface area contributed by atoms with E-state index in [2.05, 4.69) is 19.9 Å². The number of para-hydroxylation sites is 1. The van der Waals surface area contributed by atoms with Crippen molar-refractivity contribution in [2.24, 2.45) is 0 Å². The van der Waals surface area contributed by atoms with E-state index in [0.29, 0.717) is 19.1 Å². The molecule has 0 amide bonds. The highest BCUT2D eigenvalue weighted by Gasteiger charge is 2.15. The number of carbonyl (C=O) groups is 1. The Morgan fingerprint density at radius 1 is 1.19 bits per heavy atom. The maximum absolute atomic E-state index is 11.8. The normalized spacial score (nSPS) is 16.6. The number of esters is 1. The van der Waals surface area contributed by atoms with Gasteiger partial charge in [0.05, 0.1) is 13.2 Å². The molecule has 166 valence electrons. The van der Waals surface area contributed by atoms with Gasteiger partial charge in [-0.3, -0.25) is 0 Å². The molecule has 0 bridgehead atoms. The Hall–Kier alpha value is -2.63. The molecule has 5 heteroatoms. The Kier molecular flexibility index (Phi) is 8.68. The van der Waals surface area contributed by atoms with Gasteiger partial charge < -0.3 is 18.9 Å². The van der Waals surface area contributed by atoms with Gasteiger partial charge in [0.1, 0.15) is 11.5 Å². The third-order valence-electron chi connectivity index (χ3n) is 5.13. The van der Waals surface area contributed by atoms with Gasteiger partial charge in [0.15, 0.2) is 6.29 Å². The second-order valence-corrected chi connectivity index (χ2v) is 7.85. The van der Waals surface area contributed by atoms with Gasteiger partial charge in [-0.25, -0.2) is 4.79 Å². The average Bonchev–Trinajstić information content (AvgIpc) is 2.78. The molecule has 0 N–H and O–H groups in total.